The number of nitrogens with one attached hydrogen (secondary N) is 1. The number of rotatable bonds is 6. The fraction of sp³-hybridized carbons (Fsp3) is 0.0833. The van der Waals surface area contributed by atoms with Gasteiger partial charge in [0.05, 0.1) is 21.5 Å². The van der Waals surface area contributed by atoms with Gasteiger partial charge in [0.1, 0.15) is 0 Å². The minimum Gasteiger partial charge on any atom is -0.294 e. The Morgan fingerprint density at radius 3 is 2.53 bits per heavy atom. The molecule has 0 atom stereocenters. The van der Waals surface area contributed by atoms with Gasteiger partial charge in [-0.05, 0) is 54.4 Å². The molecule has 32 heavy (non-hydrogen) atoms. The highest BCUT2D eigenvalue weighted by Gasteiger charge is 2.18. The maximum atomic E-state index is 13.0. The van der Waals surface area contributed by atoms with E-state index in [1.165, 1.54) is 6.20 Å². The van der Waals surface area contributed by atoms with Crippen molar-refractivity contribution in [3.05, 3.63) is 90.4 Å². The first-order chi connectivity index (χ1) is 15.5. The number of aromatic nitrogens is 4. The van der Waals surface area contributed by atoms with Crippen molar-refractivity contribution in [2.24, 2.45) is 0 Å². The van der Waals surface area contributed by atoms with Gasteiger partial charge in [-0.15, -0.1) is 0 Å². The molecule has 5 aromatic rings. The number of benzene rings is 2. The van der Waals surface area contributed by atoms with E-state index in [0.29, 0.717) is 24.1 Å². The fourth-order valence-electron chi connectivity index (χ4n) is 3.58. The van der Waals surface area contributed by atoms with E-state index in [0.717, 1.165) is 21.9 Å². The van der Waals surface area contributed by atoms with E-state index in [1.54, 1.807) is 67.0 Å². The Morgan fingerprint density at radius 2 is 1.69 bits per heavy atom. The number of sulfone groups is 1. The molecule has 0 amide bonds. The van der Waals surface area contributed by atoms with Crippen LogP contribution in [-0.2, 0) is 16.3 Å². The lowest BCUT2D eigenvalue weighted by atomic mass is 10.0. The van der Waals surface area contributed by atoms with Crippen molar-refractivity contribution < 1.29 is 13.2 Å². The van der Waals surface area contributed by atoms with E-state index in [-0.39, 0.29) is 15.6 Å². The lowest BCUT2D eigenvalue weighted by Gasteiger charge is -2.07. The van der Waals surface area contributed by atoms with Crippen LogP contribution in [0.1, 0.15) is 22.3 Å². The molecule has 0 aliphatic carbocycles. The summed E-state index contributed by atoms with van der Waals surface area (Å²) in [5.74, 6) is -0.0259. The number of Topliss-reactive ketones (excluding diaryl/α,β-unsaturated/α-hetero) is 1. The molecule has 0 saturated carbocycles. The number of aromatic amines is 1. The molecule has 0 bridgehead atoms. The number of carbonyl (C=O) groups excluding carboxylic acids is 1. The van der Waals surface area contributed by atoms with Crippen molar-refractivity contribution in [2.45, 2.75) is 22.6 Å². The van der Waals surface area contributed by atoms with Crippen LogP contribution < -0.4 is 0 Å². The van der Waals surface area contributed by atoms with Gasteiger partial charge >= 0.3 is 0 Å². The second-order valence-electron chi connectivity index (χ2n) is 7.46. The van der Waals surface area contributed by atoms with E-state index in [4.69, 9.17) is 0 Å². The quantitative estimate of drug-likeness (QED) is 0.396. The zero-order valence-corrected chi connectivity index (χ0v) is 17.7. The topological polar surface area (TPSA) is 106 Å². The molecule has 0 spiro atoms. The van der Waals surface area contributed by atoms with Crippen LogP contribution in [0, 0.1) is 0 Å². The molecule has 0 radical (unpaired) electrons. The first-order valence-corrected chi connectivity index (χ1v) is 11.5. The summed E-state index contributed by atoms with van der Waals surface area (Å²) in [4.78, 5) is 21.4. The summed E-state index contributed by atoms with van der Waals surface area (Å²) < 4.78 is 26.1. The zero-order valence-electron chi connectivity index (χ0n) is 16.9. The molecule has 0 aliphatic rings. The number of aryl methyl sites for hydroxylation is 1. The number of nitrogens with zero attached hydrogens (tertiary/aromatic N) is 3. The summed E-state index contributed by atoms with van der Waals surface area (Å²) in [6, 6.07) is 17.0. The van der Waals surface area contributed by atoms with Crippen molar-refractivity contribution in [1.29, 1.82) is 0 Å². The summed E-state index contributed by atoms with van der Waals surface area (Å²) in [6.07, 6.45) is 5.65. The summed E-state index contributed by atoms with van der Waals surface area (Å²) in [5, 5.41) is 8.22. The third-order valence-electron chi connectivity index (χ3n) is 5.37. The first-order valence-electron chi connectivity index (χ1n) is 10.0. The highest BCUT2D eigenvalue weighted by molar-refractivity contribution is 7.91. The van der Waals surface area contributed by atoms with E-state index >= 15 is 0 Å². The molecular formula is C24H18N4O3S. The number of hydrogen-bond donors (Lipinski definition) is 1. The Kier molecular flexibility index (Phi) is 4.99. The normalized spacial score (nSPS) is 11.8. The van der Waals surface area contributed by atoms with Gasteiger partial charge in [-0.2, -0.15) is 5.10 Å². The number of ketones is 1. The minimum atomic E-state index is -3.65. The summed E-state index contributed by atoms with van der Waals surface area (Å²) >= 11 is 0. The SMILES string of the molecule is O=C(CCc1ccc(S(=O)(=O)c2ccc3ncccc3c2)cc1)c1cnc2[nH]ncc2c1. The maximum absolute atomic E-state index is 13.0. The molecule has 8 heteroatoms. The van der Waals surface area contributed by atoms with E-state index in [1.807, 2.05) is 6.07 Å². The lowest BCUT2D eigenvalue weighted by Crippen LogP contribution is -2.04. The minimum absolute atomic E-state index is 0.0259. The van der Waals surface area contributed by atoms with E-state index in [9.17, 15) is 13.2 Å². The van der Waals surface area contributed by atoms with E-state index < -0.39 is 9.84 Å². The molecule has 0 unspecified atom stereocenters. The van der Waals surface area contributed by atoms with Gasteiger partial charge in [0.15, 0.2) is 11.4 Å². The Hall–Kier alpha value is -3.91. The van der Waals surface area contributed by atoms with Crippen LogP contribution in [0.25, 0.3) is 21.9 Å². The van der Waals surface area contributed by atoms with Gasteiger partial charge in [0, 0.05) is 35.2 Å². The predicted octanol–water partition coefficient (Wildman–Crippen LogP) is 4.15. The average molecular weight is 443 g/mol. The van der Waals surface area contributed by atoms with Crippen LogP contribution in [-0.4, -0.2) is 34.4 Å². The number of fused-ring (bicyclic) bond motifs is 2. The average Bonchev–Trinajstić information content (AvgIpc) is 3.30. The van der Waals surface area contributed by atoms with E-state index in [2.05, 4.69) is 20.2 Å². The third kappa shape index (κ3) is 3.76. The van der Waals surface area contributed by atoms with Gasteiger partial charge in [0.2, 0.25) is 9.84 Å². The highest BCUT2D eigenvalue weighted by atomic mass is 32.2. The Balaban J connectivity index is 1.31. The summed E-state index contributed by atoms with van der Waals surface area (Å²) in [5.41, 5.74) is 2.80. The lowest BCUT2D eigenvalue weighted by molar-refractivity contribution is 0.0982. The Labute approximate surface area is 184 Å². The van der Waals surface area contributed by atoms with Gasteiger partial charge in [0.25, 0.3) is 0 Å². The monoisotopic (exact) mass is 442 g/mol. The Morgan fingerprint density at radius 1 is 0.875 bits per heavy atom. The first kappa shape index (κ1) is 20.0. The van der Waals surface area contributed by atoms with Crippen LogP contribution in [0.2, 0.25) is 0 Å². The molecule has 7 nitrogen and oxygen atoms in total. The molecule has 3 aromatic heterocycles. The molecule has 0 aliphatic heterocycles. The van der Waals surface area contributed by atoms with Crippen molar-refractivity contribution >= 4 is 37.6 Å². The zero-order chi connectivity index (χ0) is 22.1. The van der Waals surface area contributed by atoms with Gasteiger partial charge < -0.3 is 0 Å². The van der Waals surface area contributed by atoms with Gasteiger partial charge in [-0.3, -0.25) is 14.9 Å². The fourth-order valence-corrected chi connectivity index (χ4v) is 4.88. The molecule has 3 heterocycles. The molecular weight excluding hydrogens is 424 g/mol. The van der Waals surface area contributed by atoms with Crippen LogP contribution >= 0.6 is 0 Å². The van der Waals surface area contributed by atoms with Crippen molar-refractivity contribution in [1.82, 2.24) is 20.2 Å². The third-order valence-corrected chi connectivity index (χ3v) is 7.14. The predicted molar refractivity (Wildman–Crippen MR) is 120 cm³/mol. The number of pyridine rings is 2. The number of H-pyrrole nitrogens is 1. The molecule has 0 saturated heterocycles. The van der Waals surface area contributed by atoms with Crippen molar-refractivity contribution in [2.75, 3.05) is 0 Å². The van der Waals surface area contributed by atoms with Crippen LogP contribution in [0.4, 0.5) is 0 Å². The molecule has 158 valence electrons. The second-order valence-corrected chi connectivity index (χ2v) is 9.41. The maximum Gasteiger partial charge on any atom is 0.206 e. The standard InChI is InChI=1S/C24H18N4O3S/c29-23(18-12-19-15-27-28-24(19)26-14-18)10-5-16-3-6-20(7-4-16)32(30,31)21-8-9-22-17(13-21)2-1-11-25-22/h1-4,6-9,11-15H,5,10H2,(H,26,27,28). The van der Waals surface area contributed by atoms with Gasteiger partial charge in [-0.1, -0.05) is 18.2 Å². The van der Waals surface area contributed by atoms with Crippen LogP contribution in [0.3, 0.4) is 0 Å². The van der Waals surface area contributed by atoms with Crippen LogP contribution in [0.5, 0.6) is 0 Å². The van der Waals surface area contributed by atoms with Crippen molar-refractivity contribution in [3.63, 3.8) is 0 Å². The smallest absolute Gasteiger partial charge is 0.206 e. The molecule has 1 N–H and O–H groups in total. The summed E-state index contributed by atoms with van der Waals surface area (Å²) in [7, 11) is -3.65. The molecule has 2 aromatic carbocycles. The van der Waals surface area contributed by atoms with Crippen molar-refractivity contribution in [3.8, 4) is 0 Å². The van der Waals surface area contributed by atoms with Crippen LogP contribution in [0.15, 0.2) is 89.0 Å². The summed E-state index contributed by atoms with van der Waals surface area (Å²) in [6.45, 7) is 0. The highest BCUT2D eigenvalue weighted by Crippen LogP contribution is 2.24. The second kappa shape index (κ2) is 7.97. The largest absolute Gasteiger partial charge is 0.294 e. The number of carbonyl (C=O) groups is 1. The van der Waals surface area contributed by atoms with Gasteiger partial charge in [-0.25, -0.2) is 13.4 Å². The Bertz CT molecular complexity index is 1560. The number of hydrogen-bond acceptors (Lipinski definition) is 6. The molecule has 0 fully saturated rings. The molecule has 5 rings (SSSR count).